The number of fused-ring (bicyclic) bond motifs is 1. The van der Waals surface area contributed by atoms with E-state index in [9.17, 15) is 9.59 Å². The van der Waals surface area contributed by atoms with Crippen molar-refractivity contribution in [3.05, 3.63) is 23.8 Å². The molecule has 0 aliphatic carbocycles. The average Bonchev–Trinajstić information content (AvgIpc) is 2.29. The molecule has 90 valence electrons. The van der Waals surface area contributed by atoms with E-state index in [0.717, 1.165) is 23.4 Å². The Labute approximate surface area is 105 Å². The highest BCUT2D eigenvalue weighted by molar-refractivity contribution is 7.80. The highest BCUT2D eigenvalue weighted by Crippen LogP contribution is 2.25. The Morgan fingerprint density at radius 2 is 2.24 bits per heavy atom. The molecule has 0 radical (unpaired) electrons. The van der Waals surface area contributed by atoms with Crippen molar-refractivity contribution in [1.29, 1.82) is 0 Å². The number of benzene rings is 1. The molecule has 2 N–H and O–H groups in total. The van der Waals surface area contributed by atoms with Gasteiger partial charge in [-0.05, 0) is 35.9 Å². The second-order valence-corrected chi connectivity index (χ2v) is 4.39. The van der Waals surface area contributed by atoms with Crippen molar-refractivity contribution in [2.24, 2.45) is 0 Å². The van der Waals surface area contributed by atoms with E-state index in [4.69, 9.17) is 0 Å². The van der Waals surface area contributed by atoms with Crippen LogP contribution >= 0.6 is 12.6 Å². The zero-order valence-electron chi connectivity index (χ0n) is 9.32. The largest absolute Gasteiger partial charge is 0.326 e. The van der Waals surface area contributed by atoms with E-state index in [-0.39, 0.29) is 11.8 Å². The van der Waals surface area contributed by atoms with Crippen molar-refractivity contribution in [1.82, 2.24) is 0 Å². The number of carbonyl (C=O) groups excluding carboxylic acids is 2. The monoisotopic (exact) mass is 250 g/mol. The van der Waals surface area contributed by atoms with Crippen LogP contribution in [-0.2, 0) is 16.0 Å². The summed E-state index contributed by atoms with van der Waals surface area (Å²) < 4.78 is 0. The molecule has 1 heterocycles. The first-order valence-corrected chi connectivity index (χ1v) is 6.16. The maximum Gasteiger partial charge on any atom is 0.225 e. The van der Waals surface area contributed by atoms with Gasteiger partial charge in [-0.1, -0.05) is 0 Å². The van der Waals surface area contributed by atoms with E-state index >= 15 is 0 Å². The smallest absolute Gasteiger partial charge is 0.225 e. The second kappa shape index (κ2) is 5.23. The van der Waals surface area contributed by atoms with E-state index in [1.54, 1.807) is 6.07 Å². The quantitative estimate of drug-likeness (QED) is 0.717. The van der Waals surface area contributed by atoms with Crippen LogP contribution in [0, 0.1) is 0 Å². The lowest BCUT2D eigenvalue weighted by Gasteiger charge is -2.17. The van der Waals surface area contributed by atoms with Gasteiger partial charge in [0.1, 0.15) is 0 Å². The molecular weight excluding hydrogens is 236 g/mol. The first-order valence-electron chi connectivity index (χ1n) is 5.52. The minimum Gasteiger partial charge on any atom is -0.326 e. The molecule has 4 nitrogen and oxygen atoms in total. The molecule has 2 rings (SSSR count). The molecule has 0 aromatic heterocycles. The summed E-state index contributed by atoms with van der Waals surface area (Å²) in [5.74, 6) is 0.538. The normalized spacial score (nSPS) is 13.8. The zero-order valence-corrected chi connectivity index (χ0v) is 10.2. The van der Waals surface area contributed by atoms with Crippen LogP contribution in [0.3, 0.4) is 0 Å². The van der Waals surface area contributed by atoms with Crippen LogP contribution in [0.5, 0.6) is 0 Å². The third-order valence-electron chi connectivity index (χ3n) is 2.62. The fourth-order valence-electron chi connectivity index (χ4n) is 1.79. The van der Waals surface area contributed by atoms with E-state index in [1.165, 1.54) is 0 Å². The van der Waals surface area contributed by atoms with Gasteiger partial charge < -0.3 is 10.6 Å². The van der Waals surface area contributed by atoms with E-state index in [2.05, 4.69) is 23.3 Å². The summed E-state index contributed by atoms with van der Waals surface area (Å²) in [6, 6.07) is 5.52. The van der Waals surface area contributed by atoms with Gasteiger partial charge in [0, 0.05) is 24.2 Å². The zero-order chi connectivity index (χ0) is 12.3. The Kier molecular flexibility index (Phi) is 3.68. The summed E-state index contributed by atoms with van der Waals surface area (Å²) in [6.07, 6.45) is 1.62. The average molecular weight is 250 g/mol. The lowest BCUT2D eigenvalue weighted by Crippen LogP contribution is -2.19. The number of amides is 2. The summed E-state index contributed by atoms with van der Waals surface area (Å²) in [6.45, 7) is 0. The number of anilines is 2. The molecule has 0 bridgehead atoms. The van der Waals surface area contributed by atoms with E-state index in [0.29, 0.717) is 18.6 Å². The van der Waals surface area contributed by atoms with Crippen molar-refractivity contribution in [3.63, 3.8) is 0 Å². The van der Waals surface area contributed by atoms with Crippen LogP contribution in [-0.4, -0.2) is 17.6 Å². The van der Waals surface area contributed by atoms with Crippen LogP contribution in [0.2, 0.25) is 0 Å². The standard InChI is InChI=1S/C12H14N2O2S/c15-11-4-1-8-7-9(2-3-10(8)14-11)13-12(16)5-6-17/h2-3,7,17H,1,4-6H2,(H,13,16)(H,14,15). The van der Waals surface area contributed by atoms with Gasteiger partial charge in [-0.3, -0.25) is 9.59 Å². The third-order valence-corrected chi connectivity index (χ3v) is 2.85. The molecule has 0 unspecified atom stereocenters. The molecule has 1 aliphatic rings. The number of thiol groups is 1. The number of aryl methyl sites for hydroxylation is 1. The lowest BCUT2D eigenvalue weighted by atomic mass is 10.0. The Hall–Kier alpha value is -1.49. The van der Waals surface area contributed by atoms with Crippen LogP contribution in [0.25, 0.3) is 0 Å². The molecule has 5 heteroatoms. The number of rotatable bonds is 3. The van der Waals surface area contributed by atoms with Crippen LogP contribution in [0.4, 0.5) is 11.4 Å². The first-order chi connectivity index (χ1) is 8.19. The summed E-state index contributed by atoms with van der Waals surface area (Å²) >= 11 is 4.01. The topological polar surface area (TPSA) is 58.2 Å². The van der Waals surface area contributed by atoms with Crippen LogP contribution < -0.4 is 10.6 Å². The SMILES string of the molecule is O=C(CCS)Nc1ccc2c(c1)CCC(=O)N2. The number of hydrogen-bond donors (Lipinski definition) is 3. The van der Waals surface area contributed by atoms with Gasteiger partial charge in [0.2, 0.25) is 11.8 Å². The fourth-order valence-corrected chi connectivity index (χ4v) is 1.99. The minimum absolute atomic E-state index is 0.0419. The van der Waals surface area contributed by atoms with Gasteiger partial charge in [-0.2, -0.15) is 12.6 Å². The summed E-state index contributed by atoms with van der Waals surface area (Å²) in [5.41, 5.74) is 2.67. The Balaban J connectivity index is 2.11. The first kappa shape index (κ1) is 12.0. The number of hydrogen-bond acceptors (Lipinski definition) is 3. The molecule has 17 heavy (non-hydrogen) atoms. The van der Waals surface area contributed by atoms with Gasteiger partial charge in [0.25, 0.3) is 0 Å². The van der Waals surface area contributed by atoms with Gasteiger partial charge in [0.05, 0.1) is 0 Å². The van der Waals surface area contributed by atoms with Crippen molar-refractivity contribution >= 4 is 35.8 Å². The van der Waals surface area contributed by atoms with Crippen molar-refractivity contribution in [3.8, 4) is 0 Å². The Bertz CT molecular complexity index is 460. The van der Waals surface area contributed by atoms with Crippen molar-refractivity contribution in [2.45, 2.75) is 19.3 Å². The molecule has 0 saturated heterocycles. The predicted octanol–water partition coefficient (Wildman–Crippen LogP) is 1.83. The predicted molar refractivity (Wildman–Crippen MR) is 70.5 cm³/mol. The molecule has 1 aliphatic heterocycles. The highest BCUT2D eigenvalue weighted by Gasteiger charge is 2.14. The molecule has 0 atom stereocenters. The Morgan fingerprint density at radius 1 is 1.41 bits per heavy atom. The molecule has 0 spiro atoms. The summed E-state index contributed by atoms with van der Waals surface area (Å²) in [4.78, 5) is 22.6. The lowest BCUT2D eigenvalue weighted by molar-refractivity contribution is -0.117. The van der Waals surface area contributed by atoms with E-state index in [1.807, 2.05) is 12.1 Å². The summed E-state index contributed by atoms with van der Waals surface area (Å²) in [5, 5.41) is 5.61. The molecule has 2 amide bonds. The van der Waals surface area contributed by atoms with Gasteiger partial charge in [-0.25, -0.2) is 0 Å². The van der Waals surface area contributed by atoms with Crippen molar-refractivity contribution < 1.29 is 9.59 Å². The Morgan fingerprint density at radius 3 is 3.00 bits per heavy atom. The van der Waals surface area contributed by atoms with Gasteiger partial charge in [0.15, 0.2) is 0 Å². The summed E-state index contributed by atoms with van der Waals surface area (Å²) in [7, 11) is 0. The molecule has 0 saturated carbocycles. The van der Waals surface area contributed by atoms with Crippen molar-refractivity contribution in [2.75, 3.05) is 16.4 Å². The van der Waals surface area contributed by atoms with Gasteiger partial charge >= 0.3 is 0 Å². The van der Waals surface area contributed by atoms with Gasteiger partial charge in [-0.15, -0.1) is 0 Å². The highest BCUT2D eigenvalue weighted by atomic mass is 32.1. The second-order valence-electron chi connectivity index (χ2n) is 3.94. The molecule has 1 aromatic carbocycles. The fraction of sp³-hybridized carbons (Fsp3) is 0.333. The molecule has 0 fully saturated rings. The molecule has 1 aromatic rings. The number of carbonyl (C=O) groups is 2. The molecular formula is C12H14N2O2S. The maximum absolute atomic E-state index is 11.4. The maximum atomic E-state index is 11.4. The number of nitrogens with one attached hydrogen (secondary N) is 2. The third kappa shape index (κ3) is 3.00. The minimum atomic E-state index is -0.0419. The van der Waals surface area contributed by atoms with Crippen LogP contribution in [0.15, 0.2) is 18.2 Å². The van der Waals surface area contributed by atoms with E-state index < -0.39 is 0 Å². The van der Waals surface area contributed by atoms with Crippen LogP contribution in [0.1, 0.15) is 18.4 Å².